The predicted octanol–water partition coefficient (Wildman–Crippen LogP) is 1.44. The Labute approximate surface area is 130 Å². The number of nitrogens with one attached hydrogen (secondary N) is 1. The minimum Gasteiger partial charge on any atom is -0.337 e. The van der Waals surface area contributed by atoms with Crippen LogP contribution in [-0.2, 0) is 9.84 Å². The normalized spacial score (nSPS) is 19.2. The third-order valence-corrected chi connectivity index (χ3v) is 5.76. The highest BCUT2D eigenvalue weighted by atomic mass is 32.2. The van der Waals surface area contributed by atoms with Crippen molar-refractivity contribution < 1.29 is 17.6 Å². The van der Waals surface area contributed by atoms with Gasteiger partial charge in [-0.05, 0) is 38.1 Å². The summed E-state index contributed by atoms with van der Waals surface area (Å²) in [5, 5.41) is 3.12. The monoisotopic (exact) mass is 328 g/mol. The Bertz CT molecular complexity index is 661. The van der Waals surface area contributed by atoms with Crippen molar-refractivity contribution in [1.29, 1.82) is 0 Å². The lowest BCUT2D eigenvalue weighted by Gasteiger charge is -2.32. The Balaban J connectivity index is 2.31. The van der Waals surface area contributed by atoms with Gasteiger partial charge in [0.1, 0.15) is 5.82 Å². The van der Waals surface area contributed by atoms with Crippen LogP contribution in [0.15, 0.2) is 23.1 Å². The van der Waals surface area contributed by atoms with Gasteiger partial charge in [0.25, 0.3) is 5.91 Å². The number of benzene rings is 1. The van der Waals surface area contributed by atoms with E-state index < -0.39 is 21.6 Å². The lowest BCUT2D eigenvalue weighted by Crippen LogP contribution is -2.47. The van der Waals surface area contributed by atoms with Crippen molar-refractivity contribution in [3.05, 3.63) is 29.6 Å². The number of carbonyl (C=O) groups excluding carboxylic acids is 1. The second-order valence-corrected chi connectivity index (χ2v) is 7.70. The second-order valence-electron chi connectivity index (χ2n) is 5.42. The quantitative estimate of drug-likeness (QED) is 0.850. The van der Waals surface area contributed by atoms with Gasteiger partial charge in [-0.1, -0.05) is 6.92 Å². The molecule has 2 rings (SSSR count). The van der Waals surface area contributed by atoms with Crippen molar-refractivity contribution in [1.82, 2.24) is 10.2 Å². The summed E-state index contributed by atoms with van der Waals surface area (Å²) in [6.07, 6.45) is 1.80. The summed E-state index contributed by atoms with van der Waals surface area (Å²) in [7, 11) is -1.64. The van der Waals surface area contributed by atoms with E-state index in [4.69, 9.17) is 0 Å². The molecule has 1 aromatic rings. The molecule has 122 valence electrons. The molecule has 1 atom stereocenters. The van der Waals surface area contributed by atoms with Gasteiger partial charge in [-0.2, -0.15) is 0 Å². The molecule has 0 bridgehead atoms. The number of carbonyl (C=O) groups is 1. The molecule has 5 nitrogen and oxygen atoms in total. The van der Waals surface area contributed by atoms with E-state index in [1.54, 1.807) is 4.90 Å². The van der Waals surface area contributed by atoms with Crippen LogP contribution in [0.25, 0.3) is 0 Å². The van der Waals surface area contributed by atoms with Gasteiger partial charge in [-0.15, -0.1) is 0 Å². The first-order chi connectivity index (χ1) is 10.4. The largest absolute Gasteiger partial charge is 0.337 e. The van der Waals surface area contributed by atoms with Crippen LogP contribution >= 0.6 is 0 Å². The van der Waals surface area contributed by atoms with Crippen LogP contribution in [-0.4, -0.2) is 51.2 Å². The molecule has 1 heterocycles. The van der Waals surface area contributed by atoms with Crippen molar-refractivity contribution in [2.24, 2.45) is 0 Å². The topological polar surface area (TPSA) is 66.5 Å². The van der Waals surface area contributed by atoms with Crippen LogP contribution in [0.4, 0.5) is 4.39 Å². The average molecular weight is 328 g/mol. The number of sulfone groups is 1. The van der Waals surface area contributed by atoms with E-state index in [9.17, 15) is 17.6 Å². The molecule has 1 aliphatic heterocycles. The molecule has 0 saturated carbocycles. The van der Waals surface area contributed by atoms with Crippen LogP contribution in [0.3, 0.4) is 0 Å². The molecule has 1 saturated heterocycles. The van der Waals surface area contributed by atoms with Gasteiger partial charge in [-0.3, -0.25) is 4.79 Å². The Morgan fingerprint density at radius 3 is 2.82 bits per heavy atom. The lowest BCUT2D eigenvalue weighted by molar-refractivity contribution is 0.0693. The van der Waals surface area contributed by atoms with Crippen molar-refractivity contribution in [2.75, 3.05) is 25.9 Å². The summed E-state index contributed by atoms with van der Waals surface area (Å²) in [6, 6.07) is 3.59. The van der Waals surface area contributed by atoms with Crippen LogP contribution in [0.5, 0.6) is 0 Å². The van der Waals surface area contributed by atoms with Gasteiger partial charge in [0.15, 0.2) is 9.84 Å². The maximum Gasteiger partial charge on any atom is 0.256 e. The molecule has 0 aromatic heterocycles. The molecule has 0 aliphatic carbocycles. The van der Waals surface area contributed by atoms with Crippen molar-refractivity contribution >= 4 is 15.7 Å². The van der Waals surface area contributed by atoms with E-state index >= 15 is 0 Å². The van der Waals surface area contributed by atoms with Crippen LogP contribution in [0.1, 0.15) is 30.1 Å². The van der Waals surface area contributed by atoms with Gasteiger partial charge < -0.3 is 10.2 Å². The standard InChI is InChI=1S/C15H21FN2O3S/c1-3-22(20,21)12-6-7-14(16)13(9-12)15(19)18-8-4-5-11(10-18)17-2/h6-7,9,11,17H,3-5,8,10H2,1-2H3/t11-/m0/s1. The number of likely N-dealkylation sites (tertiary alicyclic amines) is 1. The fourth-order valence-corrected chi connectivity index (χ4v) is 3.50. The zero-order chi connectivity index (χ0) is 16.3. The molecular weight excluding hydrogens is 307 g/mol. The number of amides is 1. The van der Waals surface area contributed by atoms with Crippen molar-refractivity contribution in [3.63, 3.8) is 0 Å². The van der Waals surface area contributed by atoms with Crippen molar-refractivity contribution in [2.45, 2.75) is 30.7 Å². The third-order valence-electron chi connectivity index (χ3n) is 4.02. The number of rotatable bonds is 4. The molecular formula is C15H21FN2O3S. The number of hydrogen-bond acceptors (Lipinski definition) is 4. The molecule has 22 heavy (non-hydrogen) atoms. The third kappa shape index (κ3) is 3.47. The molecule has 0 unspecified atom stereocenters. The van der Waals surface area contributed by atoms with Crippen molar-refractivity contribution in [3.8, 4) is 0 Å². The molecule has 0 spiro atoms. The number of nitrogens with zero attached hydrogens (tertiary/aromatic N) is 1. The summed E-state index contributed by atoms with van der Waals surface area (Å²) in [6.45, 7) is 2.57. The summed E-state index contributed by atoms with van der Waals surface area (Å²) in [4.78, 5) is 14.1. The highest BCUT2D eigenvalue weighted by Gasteiger charge is 2.26. The molecule has 1 amide bonds. The first-order valence-electron chi connectivity index (χ1n) is 7.38. The predicted molar refractivity (Wildman–Crippen MR) is 82.1 cm³/mol. The van der Waals surface area contributed by atoms with Gasteiger partial charge in [0.2, 0.25) is 0 Å². The van der Waals surface area contributed by atoms with E-state index in [1.165, 1.54) is 13.0 Å². The first kappa shape index (κ1) is 16.9. The maximum absolute atomic E-state index is 14.0. The zero-order valence-corrected chi connectivity index (χ0v) is 13.6. The number of likely N-dealkylation sites (N-methyl/N-ethyl adjacent to an activating group) is 1. The van der Waals surface area contributed by atoms with Gasteiger partial charge in [-0.25, -0.2) is 12.8 Å². The Morgan fingerprint density at radius 1 is 1.45 bits per heavy atom. The summed E-state index contributed by atoms with van der Waals surface area (Å²) < 4.78 is 37.8. The zero-order valence-electron chi connectivity index (χ0n) is 12.8. The average Bonchev–Trinajstić information content (AvgIpc) is 2.54. The Hall–Kier alpha value is -1.47. The van der Waals surface area contributed by atoms with Gasteiger partial charge >= 0.3 is 0 Å². The highest BCUT2D eigenvalue weighted by Crippen LogP contribution is 2.20. The van der Waals surface area contributed by atoms with Crippen LogP contribution < -0.4 is 5.32 Å². The first-order valence-corrected chi connectivity index (χ1v) is 9.03. The summed E-state index contributed by atoms with van der Waals surface area (Å²) in [5.41, 5.74) is -0.175. The number of piperidine rings is 1. The van der Waals surface area contributed by atoms with Gasteiger partial charge in [0.05, 0.1) is 16.2 Å². The van der Waals surface area contributed by atoms with E-state index in [1.807, 2.05) is 7.05 Å². The van der Waals surface area contributed by atoms with Gasteiger partial charge in [0, 0.05) is 19.1 Å². The molecule has 1 aliphatic rings. The fourth-order valence-electron chi connectivity index (χ4n) is 2.60. The summed E-state index contributed by atoms with van der Waals surface area (Å²) in [5.74, 6) is -1.23. The molecule has 1 N–H and O–H groups in total. The van der Waals surface area contributed by atoms with E-state index in [2.05, 4.69) is 5.32 Å². The van der Waals surface area contributed by atoms with E-state index in [-0.39, 0.29) is 22.3 Å². The smallest absolute Gasteiger partial charge is 0.256 e. The fraction of sp³-hybridized carbons (Fsp3) is 0.533. The molecule has 7 heteroatoms. The molecule has 1 fully saturated rings. The molecule has 0 radical (unpaired) electrons. The maximum atomic E-state index is 14.0. The number of hydrogen-bond donors (Lipinski definition) is 1. The minimum absolute atomic E-state index is 0.0121. The molecule has 1 aromatic carbocycles. The minimum atomic E-state index is -3.47. The highest BCUT2D eigenvalue weighted by molar-refractivity contribution is 7.91. The second kappa shape index (κ2) is 6.75. The Kier molecular flexibility index (Phi) is 5.18. The Morgan fingerprint density at radius 2 is 2.18 bits per heavy atom. The summed E-state index contributed by atoms with van der Waals surface area (Å²) >= 11 is 0. The van der Waals surface area contributed by atoms with Crippen LogP contribution in [0, 0.1) is 5.82 Å². The SMILES string of the molecule is CCS(=O)(=O)c1ccc(F)c(C(=O)N2CCC[C@H](NC)C2)c1. The van der Waals surface area contributed by atoms with Crippen LogP contribution in [0.2, 0.25) is 0 Å². The number of halogens is 1. The lowest BCUT2D eigenvalue weighted by atomic mass is 10.0. The van der Waals surface area contributed by atoms with E-state index in [0.717, 1.165) is 25.0 Å². The van der Waals surface area contributed by atoms with E-state index in [0.29, 0.717) is 13.1 Å².